The largest absolute Gasteiger partial charge is 0.298 e. The third kappa shape index (κ3) is 3.41. The van der Waals surface area contributed by atoms with Gasteiger partial charge in [-0.15, -0.1) is 0 Å². The summed E-state index contributed by atoms with van der Waals surface area (Å²) in [5.41, 5.74) is 2.68. The molecule has 1 aliphatic rings. The first-order valence-electron chi connectivity index (χ1n) is 7.21. The Bertz CT molecular complexity index is 782. The summed E-state index contributed by atoms with van der Waals surface area (Å²) in [4.78, 5) is 26.4. The number of rotatable bonds is 3. The Morgan fingerprint density at radius 3 is 2.30 bits per heavy atom. The maximum Gasteiger partial charge on any atom is 0.298 e. The van der Waals surface area contributed by atoms with Gasteiger partial charge in [-0.25, -0.2) is 4.90 Å². The van der Waals surface area contributed by atoms with Crippen molar-refractivity contribution >= 4 is 50.6 Å². The highest BCUT2D eigenvalue weighted by Crippen LogP contribution is 2.35. The molecular weight excluding hydrogens is 374 g/mol. The van der Waals surface area contributed by atoms with Crippen molar-refractivity contribution in [2.75, 3.05) is 4.90 Å². The van der Waals surface area contributed by atoms with Gasteiger partial charge in [-0.05, 0) is 59.7 Å². The normalized spacial score (nSPS) is 16.4. The van der Waals surface area contributed by atoms with Gasteiger partial charge < -0.3 is 0 Å². The van der Waals surface area contributed by atoms with Crippen molar-refractivity contribution in [2.24, 2.45) is 0 Å². The molecule has 2 aromatic rings. The molecule has 2 aromatic carbocycles. The van der Waals surface area contributed by atoms with Crippen molar-refractivity contribution in [3.05, 3.63) is 69.0 Å². The molecule has 0 saturated carbocycles. The number of thioether (sulfide) groups is 1. The van der Waals surface area contributed by atoms with Gasteiger partial charge in [-0.1, -0.05) is 47.1 Å². The molecular formula is C18H14BrNO2S. The Hall–Kier alpha value is -1.85. The highest BCUT2D eigenvalue weighted by atomic mass is 79.9. The maximum atomic E-state index is 12.5. The van der Waals surface area contributed by atoms with E-state index in [-0.39, 0.29) is 11.1 Å². The SMILES string of the molecule is CCc1ccc(N2C(=O)S/C(=C\c3ccc(Br)cc3)C2=O)cc1. The summed E-state index contributed by atoms with van der Waals surface area (Å²) in [6, 6.07) is 15.1. The molecule has 0 N–H and O–H groups in total. The van der Waals surface area contributed by atoms with Gasteiger partial charge in [0.1, 0.15) is 0 Å². The third-order valence-corrected chi connectivity index (χ3v) is 4.96. The lowest BCUT2D eigenvalue weighted by Gasteiger charge is -2.12. The zero-order valence-electron chi connectivity index (χ0n) is 12.5. The quantitative estimate of drug-likeness (QED) is 0.674. The van der Waals surface area contributed by atoms with Crippen LogP contribution in [0.15, 0.2) is 57.9 Å². The fraction of sp³-hybridized carbons (Fsp3) is 0.111. The van der Waals surface area contributed by atoms with E-state index in [9.17, 15) is 9.59 Å². The second-order valence-corrected chi connectivity index (χ2v) is 7.00. The lowest BCUT2D eigenvalue weighted by molar-refractivity contribution is -0.113. The number of imide groups is 1. The molecule has 1 saturated heterocycles. The lowest BCUT2D eigenvalue weighted by Crippen LogP contribution is -2.27. The summed E-state index contributed by atoms with van der Waals surface area (Å²) in [7, 11) is 0. The van der Waals surface area contributed by atoms with Gasteiger partial charge in [-0.2, -0.15) is 0 Å². The minimum absolute atomic E-state index is 0.261. The summed E-state index contributed by atoms with van der Waals surface area (Å²) in [5.74, 6) is -0.271. The summed E-state index contributed by atoms with van der Waals surface area (Å²) in [5, 5.41) is -0.261. The summed E-state index contributed by atoms with van der Waals surface area (Å²) in [6.45, 7) is 2.07. The number of carbonyl (C=O) groups is 2. The molecule has 2 amide bonds. The van der Waals surface area contributed by atoms with E-state index in [4.69, 9.17) is 0 Å². The van der Waals surface area contributed by atoms with Crippen molar-refractivity contribution in [2.45, 2.75) is 13.3 Å². The Balaban J connectivity index is 1.88. The molecule has 0 aromatic heterocycles. The number of benzene rings is 2. The summed E-state index contributed by atoms with van der Waals surface area (Å²) < 4.78 is 0.971. The Morgan fingerprint density at radius 2 is 1.70 bits per heavy atom. The molecule has 1 fully saturated rings. The number of halogens is 1. The number of aryl methyl sites for hydroxylation is 1. The van der Waals surface area contributed by atoms with Crippen LogP contribution in [0.3, 0.4) is 0 Å². The van der Waals surface area contributed by atoms with Crippen LogP contribution in [0, 0.1) is 0 Å². The molecule has 0 unspecified atom stereocenters. The summed E-state index contributed by atoms with van der Waals surface area (Å²) in [6.07, 6.45) is 2.67. The van der Waals surface area contributed by atoms with Crippen molar-refractivity contribution in [1.29, 1.82) is 0 Å². The first kappa shape index (κ1) is 16.0. The Morgan fingerprint density at radius 1 is 1.04 bits per heavy atom. The number of carbonyl (C=O) groups excluding carboxylic acids is 2. The fourth-order valence-corrected chi connectivity index (χ4v) is 3.39. The summed E-state index contributed by atoms with van der Waals surface area (Å²) >= 11 is 4.35. The van der Waals surface area contributed by atoms with E-state index in [0.717, 1.165) is 28.2 Å². The van der Waals surface area contributed by atoms with Crippen LogP contribution in [0.25, 0.3) is 6.08 Å². The molecule has 0 bridgehead atoms. The molecule has 0 atom stereocenters. The minimum Gasteiger partial charge on any atom is -0.268 e. The van der Waals surface area contributed by atoms with E-state index >= 15 is 0 Å². The zero-order chi connectivity index (χ0) is 16.4. The molecule has 5 heteroatoms. The van der Waals surface area contributed by atoms with E-state index in [1.54, 1.807) is 6.08 Å². The minimum atomic E-state index is -0.271. The van der Waals surface area contributed by atoms with Gasteiger partial charge >= 0.3 is 0 Å². The standard InChI is InChI=1S/C18H14BrNO2S/c1-2-12-5-9-15(10-6-12)20-17(21)16(23-18(20)22)11-13-3-7-14(19)8-4-13/h3-11H,2H2,1H3/b16-11-. The topological polar surface area (TPSA) is 37.4 Å². The van der Waals surface area contributed by atoms with Crippen molar-refractivity contribution in [3.8, 4) is 0 Å². The van der Waals surface area contributed by atoms with E-state index in [1.807, 2.05) is 48.5 Å². The maximum absolute atomic E-state index is 12.5. The van der Waals surface area contributed by atoms with Crippen LogP contribution in [-0.2, 0) is 11.2 Å². The van der Waals surface area contributed by atoms with Gasteiger partial charge in [0.05, 0.1) is 10.6 Å². The lowest BCUT2D eigenvalue weighted by atomic mass is 10.1. The highest BCUT2D eigenvalue weighted by molar-refractivity contribution is 9.10. The van der Waals surface area contributed by atoms with Gasteiger partial charge in [-0.3, -0.25) is 9.59 Å². The molecule has 116 valence electrons. The first-order chi connectivity index (χ1) is 11.1. The average molecular weight is 388 g/mol. The van der Waals surface area contributed by atoms with Crippen LogP contribution in [0.4, 0.5) is 10.5 Å². The van der Waals surface area contributed by atoms with Gasteiger partial charge in [0.15, 0.2) is 0 Å². The smallest absolute Gasteiger partial charge is 0.268 e. The molecule has 3 nitrogen and oxygen atoms in total. The van der Waals surface area contributed by atoms with Crippen LogP contribution in [0.2, 0.25) is 0 Å². The molecule has 23 heavy (non-hydrogen) atoms. The van der Waals surface area contributed by atoms with Crippen molar-refractivity contribution in [3.63, 3.8) is 0 Å². The van der Waals surface area contributed by atoms with Gasteiger partial charge in [0.2, 0.25) is 0 Å². The number of anilines is 1. The Labute approximate surface area is 147 Å². The highest BCUT2D eigenvalue weighted by Gasteiger charge is 2.36. The fourth-order valence-electron chi connectivity index (χ4n) is 2.28. The van der Waals surface area contributed by atoms with Crippen LogP contribution >= 0.6 is 27.7 Å². The van der Waals surface area contributed by atoms with E-state index in [1.165, 1.54) is 10.5 Å². The van der Waals surface area contributed by atoms with Crippen LogP contribution < -0.4 is 4.90 Å². The van der Waals surface area contributed by atoms with Gasteiger partial charge in [0, 0.05) is 4.47 Å². The number of hydrogen-bond donors (Lipinski definition) is 0. The van der Waals surface area contributed by atoms with Crippen LogP contribution in [0.1, 0.15) is 18.1 Å². The third-order valence-electron chi connectivity index (χ3n) is 3.56. The van der Waals surface area contributed by atoms with E-state index in [0.29, 0.717) is 10.6 Å². The van der Waals surface area contributed by atoms with E-state index in [2.05, 4.69) is 22.9 Å². The molecule has 0 radical (unpaired) electrons. The van der Waals surface area contributed by atoms with Crippen molar-refractivity contribution < 1.29 is 9.59 Å². The zero-order valence-corrected chi connectivity index (χ0v) is 14.9. The predicted molar refractivity (Wildman–Crippen MR) is 98.4 cm³/mol. The molecule has 1 heterocycles. The van der Waals surface area contributed by atoms with Crippen molar-refractivity contribution in [1.82, 2.24) is 0 Å². The number of nitrogens with zero attached hydrogens (tertiary/aromatic N) is 1. The molecule has 0 aliphatic carbocycles. The van der Waals surface area contributed by atoms with Crippen LogP contribution in [0.5, 0.6) is 0 Å². The molecule has 0 spiro atoms. The molecule has 3 rings (SSSR count). The second-order valence-electron chi connectivity index (χ2n) is 5.09. The number of hydrogen-bond acceptors (Lipinski definition) is 3. The average Bonchev–Trinajstić information content (AvgIpc) is 2.84. The Kier molecular flexibility index (Phi) is 4.68. The van der Waals surface area contributed by atoms with E-state index < -0.39 is 0 Å². The monoisotopic (exact) mass is 387 g/mol. The second kappa shape index (κ2) is 6.72. The number of amides is 2. The predicted octanol–water partition coefficient (Wildman–Crippen LogP) is 5.25. The van der Waals surface area contributed by atoms with Gasteiger partial charge in [0.25, 0.3) is 11.1 Å². The van der Waals surface area contributed by atoms with Crippen LogP contribution in [-0.4, -0.2) is 11.1 Å². The first-order valence-corrected chi connectivity index (χ1v) is 8.82. The molecule has 1 aliphatic heterocycles.